The number of carbonyl (C=O) groups excluding carboxylic acids is 3. The smallest absolute Gasteiger partial charge is 0.339 e. The summed E-state index contributed by atoms with van der Waals surface area (Å²) in [6.07, 6.45) is 3.00. The number of ether oxygens (including phenoxy) is 1. The Hall–Kier alpha value is -2.64. The van der Waals surface area contributed by atoms with Crippen LogP contribution in [0.3, 0.4) is 0 Å². The second-order valence-corrected chi connectivity index (χ2v) is 11.5. The SMILES string of the molecule is C[C@H]1C[C@H]2[C@@H]3C[C@H](F)C4=CC(=O)C=C[C@]4(C)[C@H]3C(O)C[C@]2(C)[C@@]1(OC(=O)c1ccccc1)C(=O)CO. The number of fused-ring (bicyclic) bond motifs is 5. The summed E-state index contributed by atoms with van der Waals surface area (Å²) in [5.74, 6) is -2.86. The molecule has 9 atom stereocenters. The maximum absolute atomic E-state index is 15.6. The second-order valence-electron chi connectivity index (χ2n) is 11.5. The van der Waals surface area contributed by atoms with Crippen LogP contribution in [0.2, 0.25) is 0 Å². The number of hydrogen-bond acceptors (Lipinski definition) is 6. The van der Waals surface area contributed by atoms with Crippen molar-refractivity contribution >= 4 is 17.5 Å². The molecule has 1 unspecified atom stereocenters. The largest absolute Gasteiger partial charge is 0.446 e. The first-order valence-electron chi connectivity index (χ1n) is 12.7. The van der Waals surface area contributed by atoms with E-state index in [9.17, 15) is 24.6 Å². The molecule has 0 heterocycles. The maximum atomic E-state index is 15.6. The summed E-state index contributed by atoms with van der Waals surface area (Å²) >= 11 is 0. The van der Waals surface area contributed by atoms with E-state index in [0.717, 1.165) is 0 Å². The first-order chi connectivity index (χ1) is 17.0. The van der Waals surface area contributed by atoms with Crippen molar-refractivity contribution in [1.82, 2.24) is 0 Å². The first-order valence-corrected chi connectivity index (χ1v) is 12.7. The summed E-state index contributed by atoms with van der Waals surface area (Å²) < 4.78 is 21.7. The fourth-order valence-electron chi connectivity index (χ4n) is 8.42. The Balaban J connectivity index is 1.59. The summed E-state index contributed by atoms with van der Waals surface area (Å²) in [5, 5.41) is 21.6. The van der Waals surface area contributed by atoms with Gasteiger partial charge in [-0.05, 0) is 61.0 Å². The van der Waals surface area contributed by atoms with Gasteiger partial charge in [-0.25, -0.2) is 9.18 Å². The van der Waals surface area contributed by atoms with Crippen molar-refractivity contribution in [1.29, 1.82) is 0 Å². The van der Waals surface area contributed by atoms with Gasteiger partial charge in [0.2, 0.25) is 5.78 Å². The average molecular weight is 497 g/mol. The number of hydrogen-bond donors (Lipinski definition) is 2. The predicted octanol–water partition coefficient (Wildman–Crippen LogP) is 3.62. The van der Waals surface area contributed by atoms with Crippen LogP contribution in [-0.2, 0) is 14.3 Å². The molecule has 7 heteroatoms. The predicted molar refractivity (Wildman–Crippen MR) is 130 cm³/mol. The molecule has 192 valence electrons. The van der Waals surface area contributed by atoms with Crippen LogP contribution >= 0.6 is 0 Å². The number of ketones is 2. The molecule has 5 rings (SSSR count). The molecule has 0 aromatic heterocycles. The third kappa shape index (κ3) is 3.25. The van der Waals surface area contributed by atoms with Crippen molar-refractivity contribution in [3.05, 3.63) is 59.7 Å². The summed E-state index contributed by atoms with van der Waals surface area (Å²) in [6, 6.07) is 8.38. The number of aliphatic hydroxyl groups is 2. The van der Waals surface area contributed by atoms with Gasteiger partial charge in [0.05, 0.1) is 11.7 Å². The van der Waals surface area contributed by atoms with E-state index in [2.05, 4.69) is 0 Å². The second kappa shape index (κ2) is 8.45. The number of halogens is 1. The van der Waals surface area contributed by atoms with Crippen LogP contribution in [0.1, 0.15) is 50.4 Å². The van der Waals surface area contributed by atoms with Crippen LogP contribution in [0.5, 0.6) is 0 Å². The molecule has 0 saturated heterocycles. The number of allylic oxidation sites excluding steroid dienone is 4. The van der Waals surface area contributed by atoms with Gasteiger partial charge in [0, 0.05) is 22.7 Å². The van der Waals surface area contributed by atoms with Crippen molar-refractivity contribution in [2.24, 2.45) is 34.5 Å². The lowest BCUT2D eigenvalue weighted by Crippen LogP contribution is -2.64. The zero-order chi connectivity index (χ0) is 26.0. The topological polar surface area (TPSA) is 101 Å². The molecular weight excluding hydrogens is 463 g/mol. The summed E-state index contributed by atoms with van der Waals surface area (Å²) in [4.78, 5) is 38.8. The van der Waals surface area contributed by atoms with E-state index >= 15 is 4.39 Å². The lowest BCUT2D eigenvalue weighted by Gasteiger charge is -2.60. The van der Waals surface area contributed by atoms with Gasteiger partial charge in [0.1, 0.15) is 12.8 Å². The van der Waals surface area contributed by atoms with Gasteiger partial charge in [0.25, 0.3) is 0 Å². The van der Waals surface area contributed by atoms with Crippen molar-refractivity contribution in [2.75, 3.05) is 6.61 Å². The molecular formula is C29H33FO6. The van der Waals surface area contributed by atoms with Crippen LogP contribution in [0, 0.1) is 34.5 Å². The lowest BCUT2D eigenvalue weighted by atomic mass is 9.46. The molecule has 0 amide bonds. The fraction of sp³-hybridized carbons (Fsp3) is 0.552. The van der Waals surface area contributed by atoms with Crippen LogP contribution < -0.4 is 0 Å². The minimum atomic E-state index is -1.66. The van der Waals surface area contributed by atoms with Gasteiger partial charge in [-0.2, -0.15) is 0 Å². The highest BCUT2D eigenvalue weighted by molar-refractivity contribution is 6.01. The molecule has 0 spiro atoms. The molecule has 4 aliphatic carbocycles. The summed E-state index contributed by atoms with van der Waals surface area (Å²) in [7, 11) is 0. The number of carbonyl (C=O) groups is 3. The Bertz CT molecular complexity index is 1160. The standard InChI is InChI=1S/C29H33FO6/c1-16-11-20-19-13-22(30)21-12-18(32)9-10-27(21,2)25(19)23(33)14-28(20,3)29(16,24(34)15-31)36-26(35)17-7-5-4-6-8-17/h4-10,12,16,19-20,22-23,25,31,33H,11,13-15H2,1-3H3/t16-,19-,20-,22-,23?,25+,27-,28-,29-/m0/s1. The number of esters is 1. The molecule has 1 aromatic rings. The van der Waals surface area contributed by atoms with E-state index in [1.807, 2.05) is 20.8 Å². The van der Waals surface area contributed by atoms with Gasteiger partial charge >= 0.3 is 5.97 Å². The molecule has 36 heavy (non-hydrogen) atoms. The highest BCUT2D eigenvalue weighted by Gasteiger charge is 2.73. The number of rotatable bonds is 4. The number of Topliss-reactive ketones (excluding diaryl/α,β-unsaturated/α-hetero) is 1. The average Bonchev–Trinajstić information content (AvgIpc) is 3.07. The Morgan fingerprint density at radius 2 is 1.86 bits per heavy atom. The molecule has 4 aliphatic rings. The van der Waals surface area contributed by atoms with Crippen LogP contribution in [0.25, 0.3) is 0 Å². The molecule has 6 nitrogen and oxygen atoms in total. The van der Waals surface area contributed by atoms with Gasteiger partial charge < -0.3 is 14.9 Å². The molecule has 3 fully saturated rings. The number of benzene rings is 1. The van der Waals surface area contributed by atoms with E-state index < -0.39 is 53.0 Å². The lowest BCUT2D eigenvalue weighted by molar-refractivity contribution is -0.186. The van der Waals surface area contributed by atoms with Gasteiger partial charge in [-0.3, -0.25) is 9.59 Å². The Kier molecular flexibility index (Phi) is 5.88. The third-order valence-corrected chi connectivity index (χ3v) is 9.84. The monoisotopic (exact) mass is 496 g/mol. The van der Waals surface area contributed by atoms with Gasteiger partial charge in [-0.1, -0.05) is 45.0 Å². The molecule has 0 radical (unpaired) electrons. The molecule has 1 aromatic carbocycles. The quantitative estimate of drug-likeness (QED) is 0.618. The van der Waals surface area contributed by atoms with Crippen molar-refractivity contribution in [3.63, 3.8) is 0 Å². The molecule has 2 N–H and O–H groups in total. The van der Waals surface area contributed by atoms with E-state index in [0.29, 0.717) is 12.0 Å². The summed E-state index contributed by atoms with van der Waals surface area (Å²) in [5.41, 5.74) is -2.81. The third-order valence-electron chi connectivity index (χ3n) is 9.84. The molecule has 0 bridgehead atoms. The molecule has 0 aliphatic heterocycles. The highest BCUT2D eigenvalue weighted by Crippen LogP contribution is 2.69. The minimum Gasteiger partial charge on any atom is -0.446 e. The zero-order valence-corrected chi connectivity index (χ0v) is 20.8. The van der Waals surface area contributed by atoms with Crippen molar-refractivity contribution in [2.45, 2.75) is 57.9 Å². The highest BCUT2D eigenvalue weighted by atomic mass is 19.1. The van der Waals surface area contributed by atoms with Crippen LogP contribution in [0.15, 0.2) is 54.1 Å². The number of aliphatic hydroxyl groups excluding tert-OH is 2. The Morgan fingerprint density at radius 1 is 1.17 bits per heavy atom. The maximum Gasteiger partial charge on any atom is 0.339 e. The van der Waals surface area contributed by atoms with Crippen molar-refractivity contribution < 1.29 is 33.7 Å². The van der Waals surface area contributed by atoms with E-state index in [1.54, 1.807) is 36.4 Å². The first kappa shape index (κ1) is 25.0. The Morgan fingerprint density at radius 3 is 2.53 bits per heavy atom. The normalized spacial score (nSPS) is 43.2. The van der Waals surface area contributed by atoms with E-state index in [4.69, 9.17) is 4.74 Å². The summed E-state index contributed by atoms with van der Waals surface area (Å²) in [6.45, 7) is 4.74. The fourth-order valence-corrected chi connectivity index (χ4v) is 8.42. The van der Waals surface area contributed by atoms with Crippen LogP contribution in [-0.4, -0.2) is 52.2 Å². The number of alkyl halides is 1. The Labute approximate surface area is 210 Å². The minimum absolute atomic E-state index is 0.118. The van der Waals surface area contributed by atoms with E-state index in [-0.39, 0.29) is 41.9 Å². The van der Waals surface area contributed by atoms with Crippen LogP contribution in [0.4, 0.5) is 4.39 Å². The zero-order valence-electron chi connectivity index (χ0n) is 20.8. The van der Waals surface area contributed by atoms with E-state index in [1.165, 1.54) is 12.2 Å². The molecule has 3 saturated carbocycles. The van der Waals surface area contributed by atoms with Crippen molar-refractivity contribution in [3.8, 4) is 0 Å². The van der Waals surface area contributed by atoms with Gasteiger partial charge in [0.15, 0.2) is 11.4 Å². The van der Waals surface area contributed by atoms with Gasteiger partial charge in [-0.15, -0.1) is 0 Å².